The quantitative estimate of drug-likeness (QED) is 0.791. The Labute approximate surface area is 99.2 Å². The SMILES string of the molecule is CCCc1c(O)nc(N2CCOCC2)[nH]c1=O. The first kappa shape index (κ1) is 11.9. The van der Waals surface area contributed by atoms with Crippen LogP contribution in [-0.2, 0) is 11.2 Å². The highest BCUT2D eigenvalue weighted by Gasteiger charge is 2.16. The zero-order valence-electron chi connectivity index (χ0n) is 9.90. The van der Waals surface area contributed by atoms with Gasteiger partial charge in [0.1, 0.15) is 0 Å². The minimum absolute atomic E-state index is 0.155. The van der Waals surface area contributed by atoms with E-state index in [0.29, 0.717) is 44.2 Å². The first-order chi connectivity index (χ1) is 8.22. The molecule has 1 aliphatic heterocycles. The van der Waals surface area contributed by atoms with E-state index in [-0.39, 0.29) is 11.4 Å². The summed E-state index contributed by atoms with van der Waals surface area (Å²) in [5, 5.41) is 9.74. The van der Waals surface area contributed by atoms with Gasteiger partial charge in [-0.15, -0.1) is 0 Å². The van der Waals surface area contributed by atoms with Gasteiger partial charge >= 0.3 is 0 Å². The van der Waals surface area contributed by atoms with Gasteiger partial charge in [0, 0.05) is 13.1 Å². The highest BCUT2D eigenvalue weighted by molar-refractivity contribution is 5.36. The lowest BCUT2D eigenvalue weighted by atomic mass is 10.2. The van der Waals surface area contributed by atoms with E-state index in [2.05, 4.69) is 9.97 Å². The Morgan fingerprint density at radius 2 is 2.18 bits per heavy atom. The molecule has 1 aromatic rings. The summed E-state index contributed by atoms with van der Waals surface area (Å²) < 4.78 is 5.22. The number of nitrogens with one attached hydrogen (secondary N) is 1. The molecule has 6 heteroatoms. The molecule has 0 atom stereocenters. The zero-order valence-corrected chi connectivity index (χ0v) is 9.90. The van der Waals surface area contributed by atoms with Crippen molar-refractivity contribution >= 4 is 5.95 Å². The van der Waals surface area contributed by atoms with Crippen LogP contribution < -0.4 is 10.5 Å². The minimum Gasteiger partial charge on any atom is -0.493 e. The Kier molecular flexibility index (Phi) is 3.63. The fourth-order valence-electron chi connectivity index (χ4n) is 1.87. The summed E-state index contributed by atoms with van der Waals surface area (Å²) in [6, 6.07) is 0. The lowest BCUT2D eigenvalue weighted by molar-refractivity contribution is 0.122. The van der Waals surface area contributed by atoms with E-state index in [0.717, 1.165) is 6.42 Å². The van der Waals surface area contributed by atoms with Crippen LogP contribution in [0.25, 0.3) is 0 Å². The molecule has 0 bridgehead atoms. The molecule has 0 aromatic carbocycles. The Bertz CT molecular complexity index is 438. The molecule has 0 amide bonds. The molecule has 1 fully saturated rings. The molecule has 1 aliphatic rings. The summed E-state index contributed by atoms with van der Waals surface area (Å²) in [7, 11) is 0. The summed E-state index contributed by atoms with van der Waals surface area (Å²) in [5.41, 5.74) is 0.116. The summed E-state index contributed by atoms with van der Waals surface area (Å²) in [4.78, 5) is 20.4. The van der Waals surface area contributed by atoms with E-state index < -0.39 is 0 Å². The third kappa shape index (κ3) is 2.58. The molecule has 0 unspecified atom stereocenters. The van der Waals surface area contributed by atoms with Crippen LogP contribution in [0.1, 0.15) is 18.9 Å². The van der Waals surface area contributed by atoms with Gasteiger partial charge in [0.2, 0.25) is 11.8 Å². The maximum Gasteiger partial charge on any atom is 0.259 e. The number of hydrogen-bond donors (Lipinski definition) is 2. The Morgan fingerprint density at radius 3 is 2.76 bits per heavy atom. The van der Waals surface area contributed by atoms with Crippen LogP contribution in [0.2, 0.25) is 0 Å². The third-order valence-corrected chi connectivity index (χ3v) is 2.79. The molecule has 1 saturated heterocycles. The van der Waals surface area contributed by atoms with Crippen LogP contribution in [0.5, 0.6) is 5.88 Å². The van der Waals surface area contributed by atoms with E-state index in [1.807, 2.05) is 11.8 Å². The Morgan fingerprint density at radius 1 is 1.47 bits per heavy atom. The maximum absolute atomic E-state index is 11.8. The van der Waals surface area contributed by atoms with Gasteiger partial charge in [-0.1, -0.05) is 13.3 Å². The molecule has 0 spiro atoms. The van der Waals surface area contributed by atoms with Gasteiger partial charge in [-0.25, -0.2) is 0 Å². The lowest BCUT2D eigenvalue weighted by Gasteiger charge is -2.27. The van der Waals surface area contributed by atoms with Crippen molar-refractivity contribution in [1.29, 1.82) is 0 Å². The second kappa shape index (κ2) is 5.18. The predicted molar refractivity (Wildman–Crippen MR) is 63.5 cm³/mol. The van der Waals surface area contributed by atoms with Crippen molar-refractivity contribution in [2.24, 2.45) is 0 Å². The smallest absolute Gasteiger partial charge is 0.259 e. The zero-order chi connectivity index (χ0) is 12.3. The van der Waals surface area contributed by atoms with Crippen molar-refractivity contribution in [3.63, 3.8) is 0 Å². The van der Waals surface area contributed by atoms with Crippen LogP contribution in [0, 0.1) is 0 Å². The second-order valence-electron chi connectivity index (χ2n) is 4.04. The first-order valence-corrected chi connectivity index (χ1v) is 5.87. The predicted octanol–water partition coefficient (Wildman–Crippen LogP) is 0.265. The minimum atomic E-state index is -0.249. The molecule has 0 aliphatic carbocycles. The molecule has 2 rings (SSSR count). The molecule has 2 heterocycles. The summed E-state index contributed by atoms with van der Waals surface area (Å²) in [6.07, 6.45) is 1.34. The molecular weight excluding hydrogens is 222 g/mol. The van der Waals surface area contributed by atoms with Crippen LogP contribution in [0.3, 0.4) is 0 Å². The van der Waals surface area contributed by atoms with Crippen molar-refractivity contribution in [3.05, 3.63) is 15.9 Å². The van der Waals surface area contributed by atoms with Crippen molar-refractivity contribution in [3.8, 4) is 5.88 Å². The lowest BCUT2D eigenvalue weighted by Crippen LogP contribution is -2.38. The summed E-state index contributed by atoms with van der Waals surface area (Å²) in [6.45, 7) is 4.53. The molecule has 2 N–H and O–H groups in total. The van der Waals surface area contributed by atoms with Gasteiger partial charge in [0.05, 0.1) is 18.8 Å². The standard InChI is InChI=1S/C11H17N3O3/c1-2-3-8-9(15)12-11(13-10(8)16)14-4-6-17-7-5-14/h2-7H2,1H3,(H2,12,13,15,16). The highest BCUT2D eigenvalue weighted by Crippen LogP contribution is 2.15. The number of hydrogen-bond acceptors (Lipinski definition) is 5. The Hall–Kier alpha value is -1.56. The topological polar surface area (TPSA) is 78.5 Å². The molecular formula is C11H17N3O3. The largest absolute Gasteiger partial charge is 0.493 e. The molecule has 0 radical (unpaired) electrons. The number of ether oxygens (including phenoxy) is 1. The number of H-pyrrole nitrogens is 1. The molecule has 1 aromatic heterocycles. The second-order valence-corrected chi connectivity index (χ2v) is 4.04. The maximum atomic E-state index is 11.8. The van der Waals surface area contributed by atoms with E-state index in [1.165, 1.54) is 0 Å². The van der Waals surface area contributed by atoms with Crippen molar-refractivity contribution in [2.45, 2.75) is 19.8 Å². The van der Waals surface area contributed by atoms with E-state index in [4.69, 9.17) is 4.74 Å². The van der Waals surface area contributed by atoms with Crippen LogP contribution in [0.15, 0.2) is 4.79 Å². The normalized spacial score (nSPS) is 16.2. The van der Waals surface area contributed by atoms with Crippen molar-refractivity contribution in [2.75, 3.05) is 31.2 Å². The van der Waals surface area contributed by atoms with Gasteiger partial charge in [-0.3, -0.25) is 9.78 Å². The van der Waals surface area contributed by atoms with Crippen molar-refractivity contribution in [1.82, 2.24) is 9.97 Å². The first-order valence-electron chi connectivity index (χ1n) is 5.87. The van der Waals surface area contributed by atoms with Gasteiger partial charge in [-0.05, 0) is 6.42 Å². The van der Waals surface area contributed by atoms with Gasteiger partial charge in [-0.2, -0.15) is 4.98 Å². The monoisotopic (exact) mass is 239 g/mol. The van der Waals surface area contributed by atoms with Gasteiger partial charge in [0.25, 0.3) is 5.56 Å². The van der Waals surface area contributed by atoms with Crippen molar-refractivity contribution < 1.29 is 9.84 Å². The van der Waals surface area contributed by atoms with Gasteiger partial charge in [0.15, 0.2) is 0 Å². The number of anilines is 1. The number of aromatic amines is 1. The molecule has 17 heavy (non-hydrogen) atoms. The van der Waals surface area contributed by atoms with E-state index >= 15 is 0 Å². The number of aromatic hydroxyl groups is 1. The molecule has 0 saturated carbocycles. The fourth-order valence-corrected chi connectivity index (χ4v) is 1.87. The van der Waals surface area contributed by atoms with Crippen LogP contribution >= 0.6 is 0 Å². The summed E-state index contributed by atoms with van der Waals surface area (Å²) in [5.74, 6) is 0.271. The number of rotatable bonds is 3. The van der Waals surface area contributed by atoms with E-state index in [9.17, 15) is 9.90 Å². The number of aromatic nitrogens is 2. The third-order valence-electron chi connectivity index (χ3n) is 2.79. The number of nitrogens with zero attached hydrogens (tertiary/aromatic N) is 2. The molecule has 6 nitrogen and oxygen atoms in total. The van der Waals surface area contributed by atoms with Gasteiger partial charge < -0.3 is 14.7 Å². The van der Waals surface area contributed by atoms with Crippen LogP contribution in [-0.4, -0.2) is 41.4 Å². The van der Waals surface area contributed by atoms with E-state index in [1.54, 1.807) is 0 Å². The number of morpholine rings is 1. The Balaban J connectivity index is 2.27. The highest BCUT2D eigenvalue weighted by atomic mass is 16.5. The summed E-state index contributed by atoms with van der Waals surface area (Å²) >= 11 is 0. The molecule has 94 valence electrons. The van der Waals surface area contributed by atoms with Crippen LogP contribution in [0.4, 0.5) is 5.95 Å². The fraction of sp³-hybridized carbons (Fsp3) is 0.636. The average molecular weight is 239 g/mol. The average Bonchev–Trinajstić information content (AvgIpc) is 2.35.